The number of rotatable bonds is 5. The second-order valence-electron chi connectivity index (χ2n) is 7.20. The van der Waals surface area contributed by atoms with Crippen LogP contribution in [0.3, 0.4) is 0 Å². The first-order valence-corrected chi connectivity index (χ1v) is 9.23. The molecule has 2 aliphatic rings. The van der Waals surface area contributed by atoms with Crippen LogP contribution < -0.4 is 0 Å². The molecule has 6 heteroatoms. The van der Waals surface area contributed by atoms with Gasteiger partial charge < -0.3 is 10.0 Å². The summed E-state index contributed by atoms with van der Waals surface area (Å²) in [5.41, 5.74) is 4.50. The van der Waals surface area contributed by atoms with Crippen LogP contribution in [0.2, 0.25) is 0 Å². The number of carboxylic acid groups (broad SMARTS) is 1. The standard InChI is InChI=1S/C20H23N3O3/c24-19(11-15-6-5-14-3-1-2-4-18(14)15)22-9-10-23-17(13-22)12-16(21-23)7-8-20(25)26/h1-4,12,15H,5-11,13H2,(H,25,26)/t15-/m1/s1. The lowest BCUT2D eigenvalue weighted by molar-refractivity contribution is -0.137. The topological polar surface area (TPSA) is 75.4 Å². The van der Waals surface area contributed by atoms with Crippen molar-refractivity contribution in [2.24, 2.45) is 0 Å². The Labute approximate surface area is 152 Å². The molecule has 1 amide bonds. The molecule has 0 radical (unpaired) electrons. The Balaban J connectivity index is 1.39. The SMILES string of the molecule is O=C(O)CCc1cc2n(n1)CCN(C(=O)C[C@H]1CCc3ccccc31)C2. The number of carboxylic acids is 1. The van der Waals surface area contributed by atoms with Crippen LogP contribution in [0, 0.1) is 0 Å². The predicted molar refractivity (Wildman–Crippen MR) is 95.7 cm³/mol. The molecular formula is C20H23N3O3. The highest BCUT2D eigenvalue weighted by atomic mass is 16.4. The van der Waals surface area contributed by atoms with Gasteiger partial charge in [-0.15, -0.1) is 0 Å². The van der Waals surface area contributed by atoms with E-state index in [2.05, 4.69) is 29.4 Å². The minimum Gasteiger partial charge on any atom is -0.481 e. The van der Waals surface area contributed by atoms with Crippen LogP contribution in [0.15, 0.2) is 30.3 Å². The lowest BCUT2D eigenvalue weighted by Crippen LogP contribution is -2.38. The molecule has 0 spiro atoms. The van der Waals surface area contributed by atoms with Crippen LogP contribution in [-0.2, 0) is 35.5 Å². The lowest BCUT2D eigenvalue weighted by atomic mass is 9.97. The Morgan fingerprint density at radius 1 is 1.23 bits per heavy atom. The maximum atomic E-state index is 12.8. The van der Waals surface area contributed by atoms with Crippen LogP contribution >= 0.6 is 0 Å². The zero-order chi connectivity index (χ0) is 18.1. The van der Waals surface area contributed by atoms with Crippen molar-refractivity contribution in [2.75, 3.05) is 6.54 Å². The zero-order valence-corrected chi connectivity index (χ0v) is 14.7. The summed E-state index contributed by atoms with van der Waals surface area (Å²) in [5.74, 6) is -0.285. The van der Waals surface area contributed by atoms with Gasteiger partial charge in [0.15, 0.2) is 0 Å². The lowest BCUT2D eigenvalue weighted by Gasteiger charge is -2.28. The van der Waals surface area contributed by atoms with Crippen molar-refractivity contribution in [2.45, 2.75) is 51.1 Å². The molecule has 1 aromatic carbocycles. The number of amides is 1. The number of carbonyl (C=O) groups excluding carboxylic acids is 1. The van der Waals surface area contributed by atoms with Gasteiger partial charge in [-0.05, 0) is 36.0 Å². The first kappa shape index (κ1) is 16.8. The van der Waals surface area contributed by atoms with E-state index in [1.165, 1.54) is 11.1 Å². The summed E-state index contributed by atoms with van der Waals surface area (Å²) in [6.07, 6.45) is 3.20. The van der Waals surface area contributed by atoms with Gasteiger partial charge in [-0.3, -0.25) is 14.3 Å². The normalized spacial score (nSPS) is 18.5. The zero-order valence-electron chi connectivity index (χ0n) is 14.7. The minimum atomic E-state index is -0.815. The number of aliphatic carboxylic acids is 1. The Bertz CT molecular complexity index is 843. The van der Waals surface area contributed by atoms with Crippen molar-refractivity contribution >= 4 is 11.9 Å². The monoisotopic (exact) mass is 353 g/mol. The summed E-state index contributed by atoms with van der Waals surface area (Å²) < 4.78 is 1.91. The van der Waals surface area contributed by atoms with Crippen molar-refractivity contribution in [1.29, 1.82) is 0 Å². The van der Waals surface area contributed by atoms with Crippen molar-refractivity contribution in [3.63, 3.8) is 0 Å². The van der Waals surface area contributed by atoms with Crippen LogP contribution in [0.4, 0.5) is 0 Å². The maximum Gasteiger partial charge on any atom is 0.303 e. The molecule has 136 valence electrons. The van der Waals surface area contributed by atoms with Gasteiger partial charge in [-0.1, -0.05) is 24.3 Å². The van der Waals surface area contributed by atoms with E-state index in [1.54, 1.807) is 0 Å². The summed E-state index contributed by atoms with van der Waals surface area (Å²) in [4.78, 5) is 25.5. The fourth-order valence-corrected chi connectivity index (χ4v) is 4.09. The Kier molecular flexibility index (Phi) is 4.49. The first-order chi connectivity index (χ1) is 12.6. The minimum absolute atomic E-state index is 0.0835. The van der Waals surface area contributed by atoms with E-state index in [-0.39, 0.29) is 12.3 Å². The highest BCUT2D eigenvalue weighted by molar-refractivity contribution is 5.77. The number of aryl methyl sites for hydroxylation is 2. The fourth-order valence-electron chi connectivity index (χ4n) is 4.09. The van der Waals surface area contributed by atoms with Crippen LogP contribution in [0.5, 0.6) is 0 Å². The molecule has 26 heavy (non-hydrogen) atoms. The van der Waals surface area contributed by atoms with E-state index >= 15 is 0 Å². The van der Waals surface area contributed by atoms with Gasteiger partial charge in [0.05, 0.1) is 30.9 Å². The number of nitrogens with zero attached hydrogens (tertiary/aromatic N) is 3. The van der Waals surface area contributed by atoms with Crippen LogP contribution in [0.25, 0.3) is 0 Å². The molecule has 1 aromatic heterocycles. The van der Waals surface area contributed by atoms with E-state index < -0.39 is 5.97 Å². The second kappa shape index (κ2) is 6.94. The molecule has 6 nitrogen and oxygen atoms in total. The second-order valence-corrected chi connectivity index (χ2v) is 7.20. The molecular weight excluding hydrogens is 330 g/mol. The molecule has 0 bridgehead atoms. The van der Waals surface area contributed by atoms with Gasteiger partial charge in [0.25, 0.3) is 0 Å². The third-order valence-electron chi connectivity index (χ3n) is 5.47. The maximum absolute atomic E-state index is 12.8. The number of benzene rings is 1. The predicted octanol–water partition coefficient (Wildman–Crippen LogP) is 2.36. The Morgan fingerprint density at radius 2 is 2.08 bits per heavy atom. The average molecular weight is 353 g/mol. The average Bonchev–Trinajstić information content (AvgIpc) is 3.23. The van der Waals surface area contributed by atoms with E-state index in [4.69, 9.17) is 5.11 Å². The number of hydrogen-bond donors (Lipinski definition) is 1. The smallest absolute Gasteiger partial charge is 0.303 e. The van der Waals surface area contributed by atoms with E-state index in [0.29, 0.717) is 38.4 Å². The molecule has 0 saturated carbocycles. The van der Waals surface area contributed by atoms with Gasteiger partial charge in [0, 0.05) is 19.4 Å². The molecule has 1 N–H and O–H groups in total. The van der Waals surface area contributed by atoms with Gasteiger partial charge in [-0.2, -0.15) is 5.10 Å². The van der Waals surface area contributed by atoms with Gasteiger partial charge in [-0.25, -0.2) is 0 Å². The van der Waals surface area contributed by atoms with Crippen molar-refractivity contribution in [3.05, 3.63) is 52.8 Å². The largest absolute Gasteiger partial charge is 0.481 e. The number of hydrogen-bond acceptors (Lipinski definition) is 3. The fraction of sp³-hybridized carbons (Fsp3) is 0.450. The van der Waals surface area contributed by atoms with Crippen LogP contribution in [0.1, 0.15) is 47.7 Å². The molecule has 0 fully saturated rings. The summed E-state index contributed by atoms with van der Waals surface area (Å²) in [6.45, 7) is 1.91. The summed E-state index contributed by atoms with van der Waals surface area (Å²) in [7, 11) is 0. The number of fused-ring (bicyclic) bond motifs is 2. The van der Waals surface area contributed by atoms with E-state index in [1.807, 2.05) is 15.6 Å². The molecule has 1 aliphatic heterocycles. The highest BCUT2D eigenvalue weighted by Gasteiger charge is 2.28. The third kappa shape index (κ3) is 3.36. The van der Waals surface area contributed by atoms with Gasteiger partial charge in [0.2, 0.25) is 5.91 Å². The quantitative estimate of drug-likeness (QED) is 0.895. The summed E-state index contributed by atoms with van der Waals surface area (Å²) in [5, 5.41) is 13.3. The molecule has 1 aliphatic carbocycles. The molecule has 2 heterocycles. The Hall–Kier alpha value is -2.63. The van der Waals surface area contributed by atoms with Crippen molar-refractivity contribution < 1.29 is 14.7 Å². The molecule has 1 atom stereocenters. The van der Waals surface area contributed by atoms with Crippen molar-refractivity contribution in [1.82, 2.24) is 14.7 Å². The summed E-state index contributed by atoms with van der Waals surface area (Å²) in [6, 6.07) is 10.4. The molecule has 0 unspecified atom stereocenters. The molecule has 2 aromatic rings. The Morgan fingerprint density at radius 3 is 2.92 bits per heavy atom. The number of carbonyl (C=O) groups is 2. The first-order valence-electron chi connectivity index (χ1n) is 9.23. The third-order valence-corrected chi connectivity index (χ3v) is 5.47. The van der Waals surface area contributed by atoms with Gasteiger partial charge in [0.1, 0.15) is 0 Å². The number of aromatic nitrogens is 2. The van der Waals surface area contributed by atoms with E-state index in [0.717, 1.165) is 24.2 Å². The molecule has 0 saturated heterocycles. The highest BCUT2D eigenvalue weighted by Crippen LogP contribution is 2.35. The van der Waals surface area contributed by atoms with Gasteiger partial charge >= 0.3 is 5.97 Å². The summed E-state index contributed by atoms with van der Waals surface area (Å²) >= 11 is 0. The molecule has 4 rings (SSSR count). The van der Waals surface area contributed by atoms with E-state index in [9.17, 15) is 9.59 Å². The van der Waals surface area contributed by atoms with Crippen molar-refractivity contribution in [3.8, 4) is 0 Å². The van der Waals surface area contributed by atoms with Crippen LogP contribution in [-0.4, -0.2) is 38.2 Å².